The van der Waals surface area contributed by atoms with Crippen LogP contribution in [-0.2, 0) is 6.54 Å². The second kappa shape index (κ2) is 9.48. The van der Waals surface area contributed by atoms with Gasteiger partial charge in [0.1, 0.15) is 0 Å². The van der Waals surface area contributed by atoms with Gasteiger partial charge in [-0.05, 0) is 25.2 Å². The number of nitrogens with zero attached hydrogens (tertiary/aromatic N) is 2. The molecule has 7 nitrogen and oxygen atoms in total. The molecule has 1 aromatic rings. The zero-order valence-electron chi connectivity index (χ0n) is 15.4. The molecule has 1 saturated carbocycles. The SMILES string of the molecule is O=C(N[C@H](CO)CC1CCCCC1)c1cc(CN2CCC(O)CC2)on1. The van der Waals surface area contributed by atoms with Crippen LogP contribution in [0.4, 0.5) is 0 Å². The fourth-order valence-corrected chi connectivity index (χ4v) is 4.06. The average Bonchev–Trinajstić information content (AvgIpc) is 3.12. The third kappa shape index (κ3) is 5.53. The van der Waals surface area contributed by atoms with Gasteiger partial charge in [0, 0.05) is 19.2 Å². The normalized spacial score (nSPS) is 21.6. The molecular weight excluding hydrogens is 334 g/mol. The summed E-state index contributed by atoms with van der Waals surface area (Å²) in [6.07, 6.45) is 8.31. The molecule has 2 aliphatic rings. The lowest BCUT2D eigenvalue weighted by Crippen LogP contribution is -2.39. The van der Waals surface area contributed by atoms with Gasteiger partial charge < -0.3 is 20.1 Å². The second-order valence-corrected chi connectivity index (χ2v) is 7.78. The third-order valence-corrected chi connectivity index (χ3v) is 5.63. The Bertz CT molecular complexity index is 563. The lowest BCUT2D eigenvalue weighted by molar-refractivity contribution is 0.0748. The van der Waals surface area contributed by atoms with Crippen molar-refractivity contribution >= 4 is 5.91 Å². The molecule has 3 N–H and O–H groups in total. The number of carbonyl (C=O) groups is 1. The Morgan fingerprint density at radius 2 is 2.00 bits per heavy atom. The van der Waals surface area contributed by atoms with Crippen LogP contribution in [0.25, 0.3) is 0 Å². The van der Waals surface area contributed by atoms with Gasteiger partial charge in [-0.3, -0.25) is 9.69 Å². The van der Waals surface area contributed by atoms with E-state index in [-0.39, 0.29) is 30.4 Å². The van der Waals surface area contributed by atoms with E-state index in [2.05, 4.69) is 15.4 Å². The molecule has 26 heavy (non-hydrogen) atoms. The summed E-state index contributed by atoms with van der Waals surface area (Å²) in [4.78, 5) is 14.6. The summed E-state index contributed by atoms with van der Waals surface area (Å²) in [6.45, 7) is 2.18. The van der Waals surface area contributed by atoms with Crippen molar-refractivity contribution in [1.82, 2.24) is 15.4 Å². The molecule has 0 spiro atoms. The third-order valence-electron chi connectivity index (χ3n) is 5.63. The van der Waals surface area contributed by atoms with Crippen LogP contribution in [0.3, 0.4) is 0 Å². The van der Waals surface area contributed by atoms with Gasteiger partial charge in [-0.15, -0.1) is 0 Å². The number of aliphatic hydroxyl groups is 2. The molecule has 0 aromatic carbocycles. The van der Waals surface area contributed by atoms with E-state index in [0.29, 0.717) is 18.2 Å². The highest BCUT2D eigenvalue weighted by molar-refractivity contribution is 5.92. The molecule has 3 rings (SSSR count). The van der Waals surface area contributed by atoms with Crippen LogP contribution in [-0.4, -0.2) is 58.0 Å². The standard InChI is InChI=1S/C19H31N3O4/c23-13-15(10-14-4-2-1-3-5-14)20-19(25)18-11-17(26-21-18)12-22-8-6-16(24)7-9-22/h11,14-16,23-24H,1-10,12-13H2,(H,20,25)/t15-/m0/s1. The van der Waals surface area contributed by atoms with Crippen LogP contribution in [0.2, 0.25) is 0 Å². The van der Waals surface area contributed by atoms with Gasteiger partial charge in [-0.2, -0.15) is 0 Å². The van der Waals surface area contributed by atoms with Crippen molar-refractivity contribution in [3.05, 3.63) is 17.5 Å². The molecule has 0 bridgehead atoms. The Balaban J connectivity index is 1.48. The Hall–Kier alpha value is -1.44. The van der Waals surface area contributed by atoms with Gasteiger partial charge in [-0.1, -0.05) is 37.3 Å². The van der Waals surface area contributed by atoms with Gasteiger partial charge in [0.2, 0.25) is 0 Å². The van der Waals surface area contributed by atoms with Crippen LogP contribution in [0.15, 0.2) is 10.6 Å². The van der Waals surface area contributed by atoms with Crippen LogP contribution in [0.1, 0.15) is 67.6 Å². The van der Waals surface area contributed by atoms with E-state index in [1.807, 2.05) is 0 Å². The Morgan fingerprint density at radius 1 is 1.27 bits per heavy atom. The summed E-state index contributed by atoms with van der Waals surface area (Å²) in [5.41, 5.74) is 0.263. The number of carbonyl (C=O) groups excluding carboxylic acids is 1. The lowest BCUT2D eigenvalue weighted by Gasteiger charge is -2.28. The first kappa shape index (κ1) is 19.3. The van der Waals surface area contributed by atoms with Crippen molar-refractivity contribution in [2.75, 3.05) is 19.7 Å². The summed E-state index contributed by atoms with van der Waals surface area (Å²) in [5, 5.41) is 25.9. The van der Waals surface area contributed by atoms with Crippen LogP contribution in [0, 0.1) is 5.92 Å². The van der Waals surface area contributed by atoms with E-state index in [9.17, 15) is 15.0 Å². The maximum absolute atomic E-state index is 12.4. The van der Waals surface area contributed by atoms with Gasteiger partial charge in [0.15, 0.2) is 11.5 Å². The first-order chi connectivity index (χ1) is 12.6. The van der Waals surface area contributed by atoms with Crippen LogP contribution >= 0.6 is 0 Å². The Kier molecular flexibility index (Phi) is 7.05. The monoisotopic (exact) mass is 365 g/mol. The molecule has 7 heteroatoms. The molecule has 0 unspecified atom stereocenters. The van der Waals surface area contributed by atoms with E-state index in [4.69, 9.17) is 4.52 Å². The van der Waals surface area contributed by atoms with Crippen molar-refractivity contribution in [2.45, 2.75) is 70.1 Å². The maximum atomic E-state index is 12.4. The quantitative estimate of drug-likeness (QED) is 0.680. The van der Waals surface area contributed by atoms with Crippen molar-refractivity contribution in [2.24, 2.45) is 5.92 Å². The summed E-state index contributed by atoms with van der Waals surface area (Å²) >= 11 is 0. The van der Waals surface area contributed by atoms with E-state index in [1.165, 1.54) is 32.1 Å². The predicted molar refractivity (Wildman–Crippen MR) is 96.6 cm³/mol. The average molecular weight is 365 g/mol. The largest absolute Gasteiger partial charge is 0.394 e. The molecule has 1 aromatic heterocycles. The fraction of sp³-hybridized carbons (Fsp3) is 0.789. The minimum atomic E-state index is -0.288. The number of rotatable bonds is 7. The van der Waals surface area contributed by atoms with Crippen molar-refractivity contribution in [3.63, 3.8) is 0 Å². The van der Waals surface area contributed by atoms with Crippen molar-refractivity contribution in [1.29, 1.82) is 0 Å². The van der Waals surface area contributed by atoms with Crippen LogP contribution < -0.4 is 5.32 Å². The maximum Gasteiger partial charge on any atom is 0.273 e. The topological polar surface area (TPSA) is 98.8 Å². The summed E-state index contributed by atoms with van der Waals surface area (Å²) in [5.74, 6) is 0.951. The van der Waals surface area contributed by atoms with E-state index >= 15 is 0 Å². The van der Waals surface area contributed by atoms with E-state index < -0.39 is 0 Å². The summed E-state index contributed by atoms with van der Waals surface area (Å²) in [6, 6.07) is 1.45. The number of piperidine rings is 1. The number of hydrogen-bond donors (Lipinski definition) is 3. The number of likely N-dealkylation sites (tertiary alicyclic amines) is 1. The lowest BCUT2D eigenvalue weighted by atomic mass is 9.85. The first-order valence-corrected chi connectivity index (χ1v) is 9.91. The highest BCUT2D eigenvalue weighted by Crippen LogP contribution is 2.27. The molecule has 1 aliphatic heterocycles. The number of aromatic nitrogens is 1. The molecule has 146 valence electrons. The molecule has 1 atom stereocenters. The zero-order valence-corrected chi connectivity index (χ0v) is 15.4. The zero-order chi connectivity index (χ0) is 18.4. The second-order valence-electron chi connectivity index (χ2n) is 7.78. The predicted octanol–water partition coefficient (Wildman–Crippen LogP) is 1.69. The highest BCUT2D eigenvalue weighted by atomic mass is 16.5. The number of aliphatic hydroxyl groups excluding tert-OH is 2. The molecule has 1 amide bonds. The van der Waals surface area contributed by atoms with E-state index in [1.54, 1.807) is 6.07 Å². The first-order valence-electron chi connectivity index (χ1n) is 9.91. The Labute approximate surface area is 154 Å². The molecule has 2 heterocycles. The molecule has 0 radical (unpaired) electrons. The van der Waals surface area contributed by atoms with Gasteiger partial charge >= 0.3 is 0 Å². The number of hydrogen-bond acceptors (Lipinski definition) is 6. The molecule has 1 aliphatic carbocycles. The number of amides is 1. The summed E-state index contributed by atoms with van der Waals surface area (Å²) in [7, 11) is 0. The molecular formula is C19H31N3O4. The molecule has 1 saturated heterocycles. The van der Waals surface area contributed by atoms with Crippen molar-refractivity contribution < 1.29 is 19.5 Å². The Morgan fingerprint density at radius 3 is 2.69 bits per heavy atom. The van der Waals surface area contributed by atoms with Gasteiger partial charge in [0.05, 0.1) is 25.3 Å². The van der Waals surface area contributed by atoms with E-state index in [0.717, 1.165) is 32.4 Å². The number of nitrogens with one attached hydrogen (secondary N) is 1. The van der Waals surface area contributed by atoms with Crippen LogP contribution in [0.5, 0.6) is 0 Å². The van der Waals surface area contributed by atoms with Gasteiger partial charge in [0.25, 0.3) is 5.91 Å². The summed E-state index contributed by atoms with van der Waals surface area (Å²) < 4.78 is 5.30. The smallest absolute Gasteiger partial charge is 0.273 e. The minimum absolute atomic E-state index is 0.0525. The minimum Gasteiger partial charge on any atom is -0.394 e. The highest BCUT2D eigenvalue weighted by Gasteiger charge is 2.23. The molecule has 2 fully saturated rings. The fourth-order valence-electron chi connectivity index (χ4n) is 4.06. The van der Waals surface area contributed by atoms with Crippen molar-refractivity contribution in [3.8, 4) is 0 Å². The van der Waals surface area contributed by atoms with Gasteiger partial charge in [-0.25, -0.2) is 0 Å².